The topological polar surface area (TPSA) is 9.23 Å². The van der Waals surface area contributed by atoms with Crippen molar-refractivity contribution in [3.63, 3.8) is 0 Å². The largest absolute Gasteiger partial charge is 0.498 e. The molecule has 1 rings (SSSR count). The maximum absolute atomic E-state index is 6.14. The molecule has 1 fully saturated rings. The Morgan fingerprint density at radius 3 is 1.65 bits per heavy atom. The van der Waals surface area contributed by atoms with Crippen molar-refractivity contribution in [1.29, 1.82) is 0 Å². The molecular formula is C22H42O. The fourth-order valence-corrected chi connectivity index (χ4v) is 3.28. The fourth-order valence-electron chi connectivity index (χ4n) is 3.28. The summed E-state index contributed by atoms with van der Waals surface area (Å²) in [5.74, 6) is 0. The van der Waals surface area contributed by atoms with Crippen LogP contribution in [-0.2, 0) is 4.74 Å². The van der Waals surface area contributed by atoms with Crippen LogP contribution >= 0.6 is 0 Å². The Balaban J connectivity index is 2.11. The zero-order valence-corrected chi connectivity index (χ0v) is 16.1. The third kappa shape index (κ3) is 11.7. The standard InChI is InChI=1S/C22H42O/c1-3-5-7-9-11-13-18-22(23-20-21-16-15-17-21)19-14-12-10-8-6-4-2/h20,22H,3-19H2,1-2H3. The molecule has 0 aromatic heterocycles. The van der Waals surface area contributed by atoms with Gasteiger partial charge in [0.2, 0.25) is 0 Å². The van der Waals surface area contributed by atoms with Crippen molar-refractivity contribution in [2.45, 2.75) is 129 Å². The minimum atomic E-state index is 0.487. The van der Waals surface area contributed by atoms with E-state index >= 15 is 0 Å². The lowest BCUT2D eigenvalue weighted by molar-refractivity contribution is 0.117. The maximum atomic E-state index is 6.14. The van der Waals surface area contributed by atoms with E-state index in [2.05, 4.69) is 20.1 Å². The van der Waals surface area contributed by atoms with Crippen LogP contribution < -0.4 is 0 Å². The predicted molar refractivity (Wildman–Crippen MR) is 103 cm³/mol. The highest BCUT2D eigenvalue weighted by atomic mass is 16.5. The molecule has 0 atom stereocenters. The monoisotopic (exact) mass is 322 g/mol. The summed E-state index contributed by atoms with van der Waals surface area (Å²) in [6.07, 6.45) is 25.7. The second-order valence-corrected chi connectivity index (χ2v) is 7.50. The molecule has 1 aliphatic carbocycles. The molecule has 0 amide bonds. The molecule has 1 aliphatic rings. The molecule has 0 radical (unpaired) electrons. The summed E-state index contributed by atoms with van der Waals surface area (Å²) >= 11 is 0. The van der Waals surface area contributed by atoms with Crippen molar-refractivity contribution in [3.8, 4) is 0 Å². The molecular weight excluding hydrogens is 280 g/mol. The normalized spacial score (nSPS) is 14.1. The average molecular weight is 323 g/mol. The number of ether oxygens (including phenoxy) is 1. The summed E-state index contributed by atoms with van der Waals surface area (Å²) in [7, 11) is 0. The van der Waals surface area contributed by atoms with Gasteiger partial charge in [0.25, 0.3) is 0 Å². The van der Waals surface area contributed by atoms with Gasteiger partial charge in [-0.2, -0.15) is 0 Å². The molecule has 0 N–H and O–H groups in total. The van der Waals surface area contributed by atoms with Crippen LogP contribution in [0, 0.1) is 0 Å². The number of unbranched alkanes of at least 4 members (excludes halogenated alkanes) is 10. The predicted octanol–water partition coefficient (Wildman–Crippen LogP) is 7.94. The van der Waals surface area contributed by atoms with Crippen molar-refractivity contribution in [2.75, 3.05) is 0 Å². The van der Waals surface area contributed by atoms with Crippen LogP contribution in [0.15, 0.2) is 11.8 Å². The van der Waals surface area contributed by atoms with Crippen LogP contribution in [0.1, 0.15) is 123 Å². The van der Waals surface area contributed by atoms with E-state index in [-0.39, 0.29) is 0 Å². The van der Waals surface area contributed by atoms with Crippen LogP contribution in [0.5, 0.6) is 0 Å². The maximum Gasteiger partial charge on any atom is 0.0978 e. The molecule has 0 aromatic rings. The molecule has 0 heterocycles. The summed E-state index contributed by atoms with van der Waals surface area (Å²) in [5, 5.41) is 0. The van der Waals surface area contributed by atoms with Gasteiger partial charge in [-0.3, -0.25) is 0 Å². The number of hydrogen-bond donors (Lipinski definition) is 0. The fraction of sp³-hybridized carbons (Fsp3) is 0.909. The lowest BCUT2D eigenvalue weighted by atomic mass is 9.94. The second-order valence-electron chi connectivity index (χ2n) is 7.50. The van der Waals surface area contributed by atoms with E-state index in [9.17, 15) is 0 Å². The Bertz CT molecular complexity index is 260. The van der Waals surface area contributed by atoms with Crippen LogP contribution in [0.3, 0.4) is 0 Å². The zero-order valence-electron chi connectivity index (χ0n) is 16.1. The van der Waals surface area contributed by atoms with Gasteiger partial charge in [-0.15, -0.1) is 0 Å². The van der Waals surface area contributed by atoms with Crippen molar-refractivity contribution in [1.82, 2.24) is 0 Å². The molecule has 0 unspecified atom stereocenters. The van der Waals surface area contributed by atoms with Crippen LogP contribution in [0.2, 0.25) is 0 Å². The number of rotatable bonds is 16. The first-order valence-electron chi connectivity index (χ1n) is 10.7. The van der Waals surface area contributed by atoms with E-state index in [4.69, 9.17) is 4.74 Å². The molecule has 0 spiro atoms. The SMILES string of the molecule is CCCCCCCCC(CCCCCCCC)OC=C1CCC1. The molecule has 0 saturated heterocycles. The minimum absolute atomic E-state index is 0.487. The first-order valence-corrected chi connectivity index (χ1v) is 10.7. The third-order valence-electron chi connectivity index (χ3n) is 5.18. The van der Waals surface area contributed by atoms with Gasteiger partial charge in [-0.1, -0.05) is 78.1 Å². The van der Waals surface area contributed by atoms with E-state index in [1.54, 1.807) is 5.57 Å². The van der Waals surface area contributed by atoms with Gasteiger partial charge in [0.05, 0.1) is 12.4 Å². The molecule has 136 valence electrons. The minimum Gasteiger partial charge on any atom is -0.498 e. The zero-order chi connectivity index (χ0) is 16.6. The van der Waals surface area contributed by atoms with Gasteiger partial charge in [-0.25, -0.2) is 0 Å². The Hall–Kier alpha value is -0.460. The summed E-state index contributed by atoms with van der Waals surface area (Å²) in [6, 6.07) is 0. The highest BCUT2D eigenvalue weighted by Crippen LogP contribution is 2.26. The van der Waals surface area contributed by atoms with E-state index in [1.807, 2.05) is 0 Å². The van der Waals surface area contributed by atoms with E-state index < -0.39 is 0 Å². The van der Waals surface area contributed by atoms with E-state index in [0.29, 0.717) is 6.10 Å². The number of hydrogen-bond acceptors (Lipinski definition) is 1. The molecule has 1 heteroatoms. The lowest BCUT2D eigenvalue weighted by Gasteiger charge is -2.21. The Morgan fingerprint density at radius 2 is 1.22 bits per heavy atom. The summed E-state index contributed by atoms with van der Waals surface area (Å²) in [4.78, 5) is 0. The second kappa shape index (κ2) is 15.1. The molecule has 0 bridgehead atoms. The molecule has 1 saturated carbocycles. The van der Waals surface area contributed by atoms with Crippen molar-refractivity contribution in [3.05, 3.63) is 11.8 Å². The first-order chi connectivity index (χ1) is 11.4. The Morgan fingerprint density at radius 1 is 0.739 bits per heavy atom. The Labute approximate surface area is 146 Å². The summed E-state index contributed by atoms with van der Waals surface area (Å²) in [5.41, 5.74) is 1.54. The van der Waals surface area contributed by atoms with Gasteiger partial charge in [-0.05, 0) is 50.5 Å². The molecule has 23 heavy (non-hydrogen) atoms. The molecule has 0 aromatic carbocycles. The first kappa shape index (κ1) is 20.6. The average Bonchev–Trinajstić information content (AvgIpc) is 2.51. The van der Waals surface area contributed by atoms with Gasteiger partial charge in [0, 0.05) is 0 Å². The van der Waals surface area contributed by atoms with Gasteiger partial charge < -0.3 is 4.74 Å². The van der Waals surface area contributed by atoms with Gasteiger partial charge >= 0.3 is 0 Å². The van der Waals surface area contributed by atoms with Crippen molar-refractivity contribution < 1.29 is 4.74 Å². The van der Waals surface area contributed by atoms with Gasteiger partial charge in [0.15, 0.2) is 0 Å². The van der Waals surface area contributed by atoms with E-state index in [1.165, 1.54) is 109 Å². The van der Waals surface area contributed by atoms with Crippen LogP contribution in [0.25, 0.3) is 0 Å². The van der Waals surface area contributed by atoms with Crippen molar-refractivity contribution >= 4 is 0 Å². The van der Waals surface area contributed by atoms with Crippen LogP contribution in [0.4, 0.5) is 0 Å². The Kier molecular flexibility index (Phi) is 13.5. The van der Waals surface area contributed by atoms with E-state index in [0.717, 1.165) is 0 Å². The highest BCUT2D eigenvalue weighted by molar-refractivity contribution is 5.06. The van der Waals surface area contributed by atoms with Crippen molar-refractivity contribution in [2.24, 2.45) is 0 Å². The summed E-state index contributed by atoms with van der Waals surface area (Å²) < 4.78 is 6.14. The van der Waals surface area contributed by atoms with Gasteiger partial charge in [0.1, 0.15) is 0 Å². The summed E-state index contributed by atoms with van der Waals surface area (Å²) in [6.45, 7) is 4.58. The van der Waals surface area contributed by atoms with Crippen LogP contribution in [-0.4, -0.2) is 6.10 Å². The molecule has 1 nitrogen and oxygen atoms in total. The third-order valence-corrected chi connectivity index (χ3v) is 5.18. The molecule has 0 aliphatic heterocycles. The number of allylic oxidation sites excluding steroid dienone is 1. The smallest absolute Gasteiger partial charge is 0.0978 e. The highest BCUT2D eigenvalue weighted by Gasteiger charge is 2.12. The lowest BCUT2D eigenvalue weighted by Crippen LogP contribution is -2.11. The quantitative estimate of drug-likeness (QED) is 0.207.